The molecule has 0 bridgehead atoms. The van der Waals surface area contributed by atoms with E-state index in [2.05, 4.69) is 31.3 Å². The van der Waals surface area contributed by atoms with Gasteiger partial charge in [-0.1, -0.05) is 97.3 Å². The molecule has 0 aliphatic carbocycles. The second-order valence-electron chi connectivity index (χ2n) is 12.8. The Balaban J connectivity index is 2.90. The molecule has 7 atom stereocenters. The van der Waals surface area contributed by atoms with E-state index >= 15 is 0 Å². The summed E-state index contributed by atoms with van der Waals surface area (Å²) < 4.78 is 11.0. The quantitative estimate of drug-likeness (QED) is 0.281. The number of methoxy groups -OCH3 is 1. The number of cyclic esters (lactones) is 1. The molecule has 0 aromatic rings. The predicted molar refractivity (Wildman–Crippen MR) is 172 cm³/mol. The van der Waals surface area contributed by atoms with Gasteiger partial charge in [0, 0.05) is 20.1 Å². The molecule has 0 spiro atoms. The first-order valence-corrected chi connectivity index (χ1v) is 17.0. The first-order valence-electron chi connectivity index (χ1n) is 17.0. The maximum absolute atomic E-state index is 12.8. The molecule has 1 amide bonds. The van der Waals surface area contributed by atoms with Crippen LogP contribution in [0.4, 0.5) is 0 Å². The van der Waals surface area contributed by atoms with Gasteiger partial charge in [-0.25, -0.2) is 0 Å². The van der Waals surface area contributed by atoms with Gasteiger partial charge < -0.3 is 30.1 Å². The second kappa shape index (κ2) is 23.6. The van der Waals surface area contributed by atoms with Crippen molar-refractivity contribution >= 4 is 11.9 Å². The highest BCUT2D eigenvalue weighted by atomic mass is 16.5. The summed E-state index contributed by atoms with van der Waals surface area (Å²) in [5.74, 6) is -0.176. The Morgan fingerprint density at radius 1 is 0.930 bits per heavy atom. The number of rotatable bonds is 5. The predicted octanol–water partition coefficient (Wildman–Crippen LogP) is 6.02. The van der Waals surface area contributed by atoms with Gasteiger partial charge in [-0.05, 0) is 55.9 Å². The zero-order valence-electron chi connectivity index (χ0n) is 27.8. The van der Waals surface area contributed by atoms with Gasteiger partial charge in [0.15, 0.2) is 6.10 Å². The maximum Gasteiger partial charge on any atom is 0.309 e. The lowest BCUT2D eigenvalue weighted by Crippen LogP contribution is -2.43. The summed E-state index contributed by atoms with van der Waals surface area (Å²) >= 11 is 0. The number of β-amino-alcohol motifs (C(OH)–C–C–N with tert-alkyl or cyclic N) is 1. The number of allylic oxidation sites excluding steroid dienone is 3. The van der Waals surface area contributed by atoms with Crippen LogP contribution in [0.25, 0.3) is 0 Å². The summed E-state index contributed by atoms with van der Waals surface area (Å²) in [6, 6.07) is 0. The molecule has 0 aromatic carbocycles. The molecule has 0 radical (unpaired) electrons. The van der Waals surface area contributed by atoms with Gasteiger partial charge in [-0.15, -0.1) is 0 Å². The topological polar surface area (TPSA) is 125 Å². The Bertz CT molecular complexity index is 814. The van der Waals surface area contributed by atoms with Crippen LogP contribution in [-0.2, 0) is 19.1 Å². The monoisotopic (exact) mass is 609 g/mol. The fraction of sp³-hybridized carbons (Fsp3) is 0.829. The average molecular weight is 610 g/mol. The van der Waals surface area contributed by atoms with Crippen LogP contribution in [0, 0.1) is 17.8 Å². The highest BCUT2D eigenvalue weighted by molar-refractivity contribution is 5.84. The van der Waals surface area contributed by atoms with E-state index in [0.29, 0.717) is 44.1 Å². The van der Waals surface area contributed by atoms with Gasteiger partial charge >= 0.3 is 5.97 Å². The number of nitrogens with one attached hydrogen (secondary N) is 1. The van der Waals surface area contributed by atoms with E-state index in [4.69, 9.17) is 9.47 Å². The van der Waals surface area contributed by atoms with E-state index in [0.717, 1.165) is 31.3 Å². The van der Waals surface area contributed by atoms with Crippen molar-refractivity contribution in [2.24, 2.45) is 17.8 Å². The molecule has 8 nitrogen and oxygen atoms in total. The van der Waals surface area contributed by atoms with Crippen LogP contribution in [0.3, 0.4) is 0 Å². The van der Waals surface area contributed by atoms with Crippen molar-refractivity contribution < 1.29 is 34.4 Å². The third kappa shape index (κ3) is 18.0. The fourth-order valence-electron chi connectivity index (χ4n) is 5.74. The summed E-state index contributed by atoms with van der Waals surface area (Å²) in [5, 5.41) is 34.2. The number of aliphatic hydroxyl groups excluding tert-OH is 3. The molecule has 0 saturated heterocycles. The molecule has 1 rings (SSSR count). The number of hydrogen-bond donors (Lipinski definition) is 4. The lowest BCUT2D eigenvalue weighted by Gasteiger charge is -2.23. The van der Waals surface area contributed by atoms with E-state index in [9.17, 15) is 24.9 Å². The Labute approximate surface area is 261 Å². The Hall–Kier alpha value is -1.74. The molecule has 0 saturated carbocycles. The van der Waals surface area contributed by atoms with Crippen molar-refractivity contribution in [2.75, 3.05) is 20.3 Å². The van der Waals surface area contributed by atoms with Crippen LogP contribution in [0.5, 0.6) is 0 Å². The van der Waals surface area contributed by atoms with Crippen molar-refractivity contribution in [2.45, 2.75) is 148 Å². The average Bonchev–Trinajstić information content (AvgIpc) is 2.97. The molecule has 1 aliphatic rings. The molecule has 250 valence electrons. The first-order chi connectivity index (χ1) is 20.6. The van der Waals surface area contributed by atoms with Gasteiger partial charge in [-0.3, -0.25) is 9.59 Å². The number of aliphatic hydroxyl groups is 3. The Morgan fingerprint density at radius 2 is 1.60 bits per heavy atom. The van der Waals surface area contributed by atoms with E-state index in [1.165, 1.54) is 38.5 Å². The molecule has 0 fully saturated rings. The van der Waals surface area contributed by atoms with Gasteiger partial charge in [0.25, 0.3) is 5.91 Å². The van der Waals surface area contributed by atoms with Crippen molar-refractivity contribution in [3.63, 3.8) is 0 Å². The number of amides is 1. The molecule has 8 heteroatoms. The van der Waals surface area contributed by atoms with Crippen molar-refractivity contribution in [1.82, 2.24) is 5.32 Å². The van der Waals surface area contributed by atoms with Gasteiger partial charge in [-0.2, -0.15) is 0 Å². The number of esters is 1. The minimum Gasteiger partial charge on any atom is -0.452 e. The summed E-state index contributed by atoms with van der Waals surface area (Å²) in [4.78, 5) is 25.6. The van der Waals surface area contributed by atoms with Crippen LogP contribution in [0.2, 0.25) is 0 Å². The maximum atomic E-state index is 12.8. The highest BCUT2D eigenvalue weighted by Crippen LogP contribution is 2.22. The summed E-state index contributed by atoms with van der Waals surface area (Å²) in [6.45, 7) is 8.52. The van der Waals surface area contributed by atoms with Crippen LogP contribution in [-0.4, -0.2) is 71.9 Å². The van der Waals surface area contributed by atoms with Crippen LogP contribution < -0.4 is 5.32 Å². The number of carbonyl (C=O) groups is 2. The molecular weight excluding hydrogens is 546 g/mol. The summed E-state index contributed by atoms with van der Waals surface area (Å²) in [7, 11) is 1.64. The standard InChI is InChI=1S/C35H63NO7/c1-6-15-33-34(40)36-24-30(37)23-32(39)31(38)21-20-29(25-42-5)19-14-18-28(7-2)17-13-11-9-8-10-12-16-26(3)22-27(4)35(41)43-33/h14,18-19,26-28,30-33,37-39H,6-13,15-17,20-25H2,1-5H3,(H,36,40)/b18-14?,29-19-/t26-,27+,28-,30+,31+,32-,33-/m0/s1. The smallest absolute Gasteiger partial charge is 0.309 e. The molecule has 1 heterocycles. The molecule has 0 unspecified atom stereocenters. The molecular formula is C35H63NO7. The van der Waals surface area contributed by atoms with Crippen molar-refractivity contribution in [3.05, 3.63) is 23.8 Å². The number of hydrogen-bond acceptors (Lipinski definition) is 7. The summed E-state index contributed by atoms with van der Waals surface area (Å²) in [5.41, 5.74) is 1.03. The van der Waals surface area contributed by atoms with Gasteiger partial charge in [0.2, 0.25) is 0 Å². The third-order valence-corrected chi connectivity index (χ3v) is 8.58. The molecule has 1 aliphatic heterocycles. The van der Waals surface area contributed by atoms with Crippen LogP contribution in [0.15, 0.2) is 23.8 Å². The van der Waals surface area contributed by atoms with Crippen molar-refractivity contribution in [3.8, 4) is 0 Å². The Morgan fingerprint density at radius 3 is 2.26 bits per heavy atom. The molecule has 4 N–H and O–H groups in total. The van der Waals surface area contributed by atoms with Gasteiger partial charge in [0.05, 0.1) is 30.8 Å². The van der Waals surface area contributed by atoms with E-state index in [1.54, 1.807) is 7.11 Å². The van der Waals surface area contributed by atoms with E-state index < -0.39 is 30.3 Å². The Kier molecular flexibility index (Phi) is 21.6. The second-order valence-corrected chi connectivity index (χ2v) is 12.8. The van der Waals surface area contributed by atoms with E-state index in [-0.39, 0.29) is 24.9 Å². The largest absolute Gasteiger partial charge is 0.452 e. The number of ether oxygens (including phenoxy) is 2. The summed E-state index contributed by atoms with van der Waals surface area (Å²) in [6.07, 6.45) is 15.5. The minimum absolute atomic E-state index is 0.0873. The molecule has 43 heavy (non-hydrogen) atoms. The highest BCUT2D eigenvalue weighted by Gasteiger charge is 2.27. The van der Waals surface area contributed by atoms with E-state index in [1.807, 2.05) is 19.9 Å². The van der Waals surface area contributed by atoms with Crippen LogP contribution >= 0.6 is 0 Å². The van der Waals surface area contributed by atoms with Gasteiger partial charge in [0.1, 0.15) is 0 Å². The normalized spacial score (nSPS) is 32.5. The number of carbonyl (C=O) groups excluding carboxylic acids is 2. The fourth-order valence-corrected chi connectivity index (χ4v) is 5.74. The first kappa shape index (κ1) is 39.3. The third-order valence-electron chi connectivity index (χ3n) is 8.58. The SMILES string of the molecule is CCC[C@@H]1OC(=O)[C@H](C)C[C@@H](C)CCCCCCCC[C@H](CC)C=C/C=C(\COC)CC[C@@H](O)[C@@H](O)C[C@@H](O)CNC1=O. The zero-order chi connectivity index (χ0) is 32.0. The van der Waals surface area contributed by atoms with Crippen LogP contribution in [0.1, 0.15) is 124 Å². The molecule has 0 aromatic heterocycles. The van der Waals surface area contributed by atoms with Crippen molar-refractivity contribution in [1.29, 1.82) is 0 Å². The zero-order valence-corrected chi connectivity index (χ0v) is 27.8. The minimum atomic E-state index is -1.14. The lowest BCUT2D eigenvalue weighted by atomic mass is 9.92. The lowest BCUT2D eigenvalue weighted by molar-refractivity contribution is -0.160.